The zero-order valence-corrected chi connectivity index (χ0v) is 13.1. The molecule has 0 amide bonds. The molecular weight excluding hydrogens is 290 g/mol. The van der Waals surface area contributed by atoms with Gasteiger partial charge in [0.25, 0.3) is 0 Å². The minimum absolute atomic E-state index is 0.141. The molecule has 0 radical (unpaired) electrons. The highest BCUT2D eigenvalue weighted by Crippen LogP contribution is 2.21. The Morgan fingerprint density at radius 1 is 1.43 bits per heavy atom. The fourth-order valence-corrected chi connectivity index (χ4v) is 2.22. The van der Waals surface area contributed by atoms with Crippen LogP contribution in [-0.2, 0) is 11.3 Å². The third-order valence-corrected chi connectivity index (χ3v) is 3.42. The second-order valence-corrected chi connectivity index (χ2v) is 5.24. The van der Waals surface area contributed by atoms with Crippen molar-refractivity contribution in [2.75, 3.05) is 32.7 Å². The molecule has 0 aliphatic carbocycles. The van der Waals surface area contributed by atoms with Gasteiger partial charge in [0.1, 0.15) is 5.69 Å². The number of benzene rings is 1. The number of methoxy groups -OCH3 is 1. The van der Waals surface area contributed by atoms with E-state index in [1.165, 1.54) is 6.20 Å². The van der Waals surface area contributed by atoms with E-state index in [-0.39, 0.29) is 5.78 Å². The summed E-state index contributed by atoms with van der Waals surface area (Å²) in [6, 6.07) is 7.42. The van der Waals surface area contributed by atoms with Crippen molar-refractivity contribution < 1.29 is 9.53 Å². The number of hydrogen-bond acceptors (Lipinski definition) is 4. The van der Waals surface area contributed by atoms with Gasteiger partial charge in [0, 0.05) is 32.5 Å². The number of nitrogens with zero attached hydrogens (tertiary/aromatic N) is 3. The Balaban J connectivity index is 2.35. The molecule has 0 saturated carbocycles. The summed E-state index contributed by atoms with van der Waals surface area (Å²) in [6.45, 7) is 0.952. The zero-order valence-electron chi connectivity index (χ0n) is 12.3. The summed E-state index contributed by atoms with van der Waals surface area (Å²) in [5.74, 6) is -0.141. The van der Waals surface area contributed by atoms with Crippen LogP contribution >= 0.6 is 11.6 Å². The number of aromatic nitrogens is 2. The molecule has 1 heterocycles. The van der Waals surface area contributed by atoms with E-state index >= 15 is 0 Å². The van der Waals surface area contributed by atoms with Gasteiger partial charge in [-0.05, 0) is 12.1 Å². The number of rotatable bonds is 6. The lowest BCUT2D eigenvalue weighted by Crippen LogP contribution is -2.15. The number of ketones is 1. The Morgan fingerprint density at radius 2 is 2.19 bits per heavy atom. The Hall–Kier alpha value is -1.85. The highest BCUT2D eigenvalue weighted by atomic mass is 35.5. The molecule has 0 fully saturated rings. The van der Waals surface area contributed by atoms with Gasteiger partial charge < -0.3 is 9.64 Å². The second kappa shape index (κ2) is 6.74. The number of anilines is 1. The summed E-state index contributed by atoms with van der Waals surface area (Å²) in [7, 11) is 5.46. The molecule has 0 saturated heterocycles. The van der Waals surface area contributed by atoms with Gasteiger partial charge in [-0.3, -0.25) is 9.48 Å². The van der Waals surface area contributed by atoms with Crippen molar-refractivity contribution in [1.82, 2.24) is 9.78 Å². The van der Waals surface area contributed by atoms with Crippen molar-refractivity contribution >= 4 is 23.1 Å². The Morgan fingerprint density at radius 3 is 2.86 bits per heavy atom. The first kappa shape index (κ1) is 15.5. The molecule has 0 unspecified atom stereocenters. The van der Waals surface area contributed by atoms with Crippen LogP contribution in [0.15, 0.2) is 30.5 Å². The molecule has 112 valence electrons. The van der Waals surface area contributed by atoms with Crippen molar-refractivity contribution in [3.05, 3.63) is 46.7 Å². The van der Waals surface area contributed by atoms with Crippen LogP contribution < -0.4 is 4.90 Å². The molecule has 5 nitrogen and oxygen atoms in total. The van der Waals surface area contributed by atoms with E-state index in [1.807, 2.05) is 37.2 Å². The van der Waals surface area contributed by atoms with E-state index in [0.29, 0.717) is 29.4 Å². The fourth-order valence-electron chi connectivity index (χ4n) is 2.00. The molecule has 0 aliphatic heterocycles. The summed E-state index contributed by atoms with van der Waals surface area (Å²) in [6.07, 6.45) is 1.49. The zero-order chi connectivity index (χ0) is 15.4. The number of carbonyl (C=O) groups excluding carboxylic acids is 1. The van der Waals surface area contributed by atoms with Gasteiger partial charge in [0.05, 0.1) is 24.4 Å². The molecule has 1 aromatic carbocycles. The lowest BCUT2D eigenvalue weighted by Gasteiger charge is -2.13. The highest BCUT2D eigenvalue weighted by Gasteiger charge is 2.19. The third-order valence-electron chi connectivity index (χ3n) is 3.14. The first-order valence-electron chi connectivity index (χ1n) is 6.57. The van der Waals surface area contributed by atoms with E-state index in [0.717, 1.165) is 5.69 Å². The van der Waals surface area contributed by atoms with Crippen LogP contribution in [0.2, 0.25) is 5.02 Å². The first-order valence-corrected chi connectivity index (χ1v) is 6.94. The fraction of sp³-hybridized carbons (Fsp3) is 0.333. The Bertz CT molecular complexity index is 638. The number of halogens is 1. The predicted octanol–water partition coefficient (Wildman–Crippen LogP) is 2.48. The maximum atomic E-state index is 12.7. The average Bonchev–Trinajstić information content (AvgIpc) is 2.85. The van der Waals surface area contributed by atoms with Gasteiger partial charge >= 0.3 is 0 Å². The highest BCUT2D eigenvalue weighted by molar-refractivity contribution is 6.34. The molecule has 0 N–H and O–H groups in total. The van der Waals surface area contributed by atoms with Crippen LogP contribution in [0, 0.1) is 0 Å². The van der Waals surface area contributed by atoms with Crippen LogP contribution in [0.4, 0.5) is 5.69 Å². The maximum absolute atomic E-state index is 12.7. The molecular formula is C15H18ClN3O2. The monoisotopic (exact) mass is 307 g/mol. The summed E-state index contributed by atoms with van der Waals surface area (Å²) in [5, 5.41) is 4.48. The molecule has 0 bridgehead atoms. The first-order chi connectivity index (χ1) is 10.0. The lowest BCUT2D eigenvalue weighted by atomic mass is 10.1. The summed E-state index contributed by atoms with van der Waals surface area (Å²) >= 11 is 6.12. The number of hydrogen-bond donors (Lipinski definition) is 0. The lowest BCUT2D eigenvalue weighted by molar-refractivity contribution is 0.102. The molecule has 0 spiro atoms. The van der Waals surface area contributed by atoms with Gasteiger partial charge in [0.2, 0.25) is 5.78 Å². The van der Waals surface area contributed by atoms with Crippen LogP contribution in [0.3, 0.4) is 0 Å². The van der Waals surface area contributed by atoms with Crippen molar-refractivity contribution in [1.29, 1.82) is 0 Å². The van der Waals surface area contributed by atoms with Crippen LogP contribution in [-0.4, -0.2) is 43.4 Å². The van der Waals surface area contributed by atoms with Crippen LogP contribution in [0.1, 0.15) is 16.1 Å². The van der Waals surface area contributed by atoms with Gasteiger partial charge in [-0.25, -0.2) is 0 Å². The normalized spacial score (nSPS) is 10.7. The summed E-state index contributed by atoms with van der Waals surface area (Å²) in [4.78, 5) is 14.6. The topological polar surface area (TPSA) is 47.4 Å². The Labute approximate surface area is 129 Å². The van der Waals surface area contributed by atoms with Crippen LogP contribution in [0.5, 0.6) is 0 Å². The summed E-state index contributed by atoms with van der Waals surface area (Å²) in [5.41, 5.74) is 1.94. The molecule has 0 atom stereocenters. The quantitative estimate of drug-likeness (QED) is 0.769. The minimum Gasteiger partial charge on any atom is -0.383 e. The van der Waals surface area contributed by atoms with Crippen molar-refractivity contribution in [3.63, 3.8) is 0 Å². The number of ether oxygens (including phenoxy) is 1. The minimum atomic E-state index is -0.141. The maximum Gasteiger partial charge on any atom is 0.212 e. The van der Waals surface area contributed by atoms with Crippen molar-refractivity contribution in [2.24, 2.45) is 0 Å². The Kier molecular flexibility index (Phi) is 4.98. The van der Waals surface area contributed by atoms with E-state index in [1.54, 1.807) is 17.9 Å². The van der Waals surface area contributed by atoms with Gasteiger partial charge in [-0.2, -0.15) is 5.10 Å². The molecule has 21 heavy (non-hydrogen) atoms. The van der Waals surface area contributed by atoms with Crippen molar-refractivity contribution in [3.8, 4) is 0 Å². The molecule has 1 aromatic heterocycles. The molecule has 2 rings (SSSR count). The molecule has 2 aromatic rings. The molecule has 6 heteroatoms. The average molecular weight is 308 g/mol. The van der Waals surface area contributed by atoms with Crippen molar-refractivity contribution in [2.45, 2.75) is 6.54 Å². The largest absolute Gasteiger partial charge is 0.383 e. The van der Waals surface area contributed by atoms with Gasteiger partial charge in [-0.1, -0.05) is 23.7 Å². The van der Waals surface area contributed by atoms with E-state index in [2.05, 4.69) is 5.10 Å². The van der Waals surface area contributed by atoms with Gasteiger partial charge in [0.15, 0.2) is 0 Å². The number of carbonyl (C=O) groups is 1. The van der Waals surface area contributed by atoms with Gasteiger partial charge in [-0.15, -0.1) is 0 Å². The third kappa shape index (κ3) is 3.43. The standard InChI is InChI=1S/C15H18ClN3O2/c1-18(2)12-6-4-5-11(9-12)15(20)14-13(16)10-17-19(14)7-8-21-3/h4-6,9-10H,7-8H2,1-3H3. The predicted molar refractivity (Wildman–Crippen MR) is 83.3 cm³/mol. The van der Waals surface area contributed by atoms with E-state index in [4.69, 9.17) is 16.3 Å². The smallest absolute Gasteiger partial charge is 0.212 e. The van der Waals surface area contributed by atoms with Crippen LogP contribution in [0.25, 0.3) is 0 Å². The molecule has 0 aliphatic rings. The SMILES string of the molecule is COCCn1ncc(Cl)c1C(=O)c1cccc(N(C)C)c1. The van der Waals surface area contributed by atoms with E-state index < -0.39 is 0 Å². The second-order valence-electron chi connectivity index (χ2n) is 4.83. The van der Waals surface area contributed by atoms with E-state index in [9.17, 15) is 4.79 Å². The summed E-state index contributed by atoms with van der Waals surface area (Å²) < 4.78 is 6.60.